The minimum Gasteiger partial charge on any atom is -0.480 e. The number of aromatic amines is 1. The molecule has 0 radical (unpaired) electrons. The Labute approximate surface area is 457 Å². The van der Waals surface area contributed by atoms with Crippen LogP contribution in [-0.2, 0) is 32.3 Å². The second-order valence-electron chi connectivity index (χ2n) is 21.7. The third-order valence-electron chi connectivity index (χ3n) is 15.2. The van der Waals surface area contributed by atoms with Crippen molar-refractivity contribution in [1.82, 2.24) is 30.6 Å². The topological polar surface area (TPSA) is 249 Å². The molecule has 0 saturated heterocycles. The Morgan fingerprint density at radius 3 is 2.45 bits per heavy atom. The molecule has 0 fully saturated rings. The van der Waals surface area contributed by atoms with Crippen LogP contribution in [0.1, 0.15) is 138 Å². The Bertz CT molecular complexity index is 3390. The van der Waals surface area contributed by atoms with Gasteiger partial charge < -0.3 is 31.7 Å². The lowest BCUT2D eigenvalue weighted by Gasteiger charge is -2.28. The van der Waals surface area contributed by atoms with Crippen molar-refractivity contribution in [3.05, 3.63) is 158 Å². The smallest absolute Gasteiger partial charge is 0.326 e. The average molecular weight is 1080 g/mol. The summed E-state index contributed by atoms with van der Waals surface area (Å²) in [5, 5.41) is 20.0. The summed E-state index contributed by atoms with van der Waals surface area (Å²) in [6.07, 6.45) is 19.0. The Morgan fingerprint density at radius 2 is 1.69 bits per heavy atom. The van der Waals surface area contributed by atoms with Crippen LogP contribution in [-0.4, -0.2) is 91.6 Å². The zero-order chi connectivity index (χ0) is 55.8. The number of carboxylic acids is 1. The number of nitrogens with zero attached hydrogens (tertiary/aromatic N) is 5. The Kier molecular flexibility index (Phi) is 17.8. The van der Waals surface area contributed by atoms with Crippen LogP contribution in [0.4, 0.5) is 23.0 Å². The van der Waals surface area contributed by atoms with Crippen molar-refractivity contribution in [2.75, 3.05) is 41.3 Å². The number of benzene rings is 3. The highest BCUT2D eigenvalue weighted by molar-refractivity contribution is 7.85. The molecule has 5 aromatic rings. The van der Waals surface area contributed by atoms with Gasteiger partial charge in [-0.05, 0) is 138 Å². The number of aliphatic carboxylic acids is 1. The summed E-state index contributed by atoms with van der Waals surface area (Å²) in [5.41, 5.74) is 18.2. The number of carboxylic acid groups (broad SMARTS) is 1. The zero-order valence-electron chi connectivity index (χ0n) is 45.8. The van der Waals surface area contributed by atoms with E-state index in [2.05, 4.69) is 148 Å². The molecule has 2 aliphatic heterocycles. The van der Waals surface area contributed by atoms with Crippen molar-refractivity contribution >= 4 is 61.9 Å². The lowest BCUT2D eigenvalue weighted by molar-refractivity contribution is -0.438. The van der Waals surface area contributed by atoms with Gasteiger partial charge in [0.1, 0.15) is 12.6 Å². The standard InChI is InChI=1S/C60H74N10O7S/c1-7-8-13-33-70-49-29-22-39(2)36-46(49)60(5,6)51(70)31-26-41-18-16-17-40(25-30-50-59(3,4)45-19-9-10-21-48(45)69(50)34-14-15-35-78(75,76)77)52(41)62-32-12-11-20-47(57(73)74)66-55(71)42-23-27-43(28-24-42)63-37-44-38-64-54-53(65-44)56(72)68-58(61)67-54/h9-10,19,21-31,36,38,47H,7-8,11-18,20,32-35,37H2,1-6H3,(H7,61,63,64,66,67,68,71,72,73,74,75,76,77)/p+1/b40-25+,50-30+/t47-/m0/s1. The van der Waals surface area contributed by atoms with E-state index in [1.165, 1.54) is 45.4 Å². The number of nitrogen functional groups attached to an aromatic ring is 1. The van der Waals surface area contributed by atoms with Crippen molar-refractivity contribution in [3.8, 4) is 0 Å². The monoisotopic (exact) mass is 1080 g/mol. The van der Waals surface area contributed by atoms with Gasteiger partial charge in [-0.25, -0.2) is 14.8 Å². The summed E-state index contributed by atoms with van der Waals surface area (Å²) < 4.78 is 35.2. The number of nitrogens with one attached hydrogen (secondary N) is 4. The molecule has 1 aliphatic carbocycles. The van der Waals surface area contributed by atoms with Gasteiger partial charge in [0, 0.05) is 71.0 Å². The normalized spacial score (nSPS) is 17.3. The third-order valence-corrected chi connectivity index (χ3v) is 16.0. The second kappa shape index (κ2) is 24.5. The Hall–Kier alpha value is -7.44. The predicted octanol–water partition coefficient (Wildman–Crippen LogP) is 9.70. The number of amides is 1. The number of para-hydroxylation sites is 1. The van der Waals surface area contributed by atoms with Crippen molar-refractivity contribution in [2.45, 2.75) is 136 Å². The quantitative estimate of drug-likeness (QED) is 0.0173. The summed E-state index contributed by atoms with van der Waals surface area (Å²) in [7, 11) is -4.07. The number of fused-ring (bicyclic) bond motifs is 3. The highest BCUT2D eigenvalue weighted by Gasteiger charge is 2.44. The van der Waals surface area contributed by atoms with Crippen LogP contribution >= 0.6 is 0 Å². The molecule has 1 amide bonds. The lowest BCUT2D eigenvalue weighted by atomic mass is 9.80. The number of hydrogen-bond donors (Lipinski definition) is 7. The van der Waals surface area contributed by atoms with E-state index in [1.54, 1.807) is 24.3 Å². The number of carbonyl (C=O) groups is 2. The first kappa shape index (κ1) is 56.8. The molecule has 4 heterocycles. The summed E-state index contributed by atoms with van der Waals surface area (Å²) in [6, 6.07) is 20.7. The maximum absolute atomic E-state index is 13.4. The van der Waals surface area contributed by atoms with Crippen molar-refractivity contribution < 1.29 is 32.2 Å². The number of nitrogens with two attached hydrogens (primary N) is 1. The van der Waals surface area contributed by atoms with E-state index in [0.29, 0.717) is 55.7 Å². The van der Waals surface area contributed by atoms with Crippen LogP contribution < -0.4 is 32.1 Å². The van der Waals surface area contributed by atoms with Crippen molar-refractivity contribution in [3.63, 3.8) is 0 Å². The number of H-pyrrole nitrogens is 1. The number of anilines is 3. The first-order valence-corrected chi connectivity index (χ1v) is 28.9. The number of unbranched alkanes of at least 4 members (excludes halogenated alkanes) is 4. The van der Waals surface area contributed by atoms with Gasteiger partial charge in [-0.1, -0.05) is 69.2 Å². The van der Waals surface area contributed by atoms with Gasteiger partial charge in [0.05, 0.1) is 29.6 Å². The minimum absolute atomic E-state index is 0.0457. The van der Waals surface area contributed by atoms with E-state index in [0.717, 1.165) is 62.2 Å². The largest absolute Gasteiger partial charge is 0.480 e. The number of aryl methyl sites for hydroxylation is 1. The van der Waals surface area contributed by atoms with Gasteiger partial charge >= 0.3 is 5.97 Å². The van der Waals surface area contributed by atoms with E-state index in [1.807, 2.05) is 6.07 Å². The van der Waals surface area contributed by atoms with Crippen LogP contribution in [0.3, 0.4) is 0 Å². The van der Waals surface area contributed by atoms with Gasteiger partial charge in [0.25, 0.3) is 21.6 Å². The van der Waals surface area contributed by atoms with Crippen molar-refractivity contribution in [1.29, 1.82) is 0 Å². The number of rotatable bonds is 24. The van der Waals surface area contributed by atoms with Crippen LogP contribution in [0.2, 0.25) is 0 Å². The fourth-order valence-electron chi connectivity index (χ4n) is 11.0. The van der Waals surface area contributed by atoms with Crippen LogP contribution in [0.25, 0.3) is 11.2 Å². The van der Waals surface area contributed by atoms with Gasteiger partial charge in [-0.3, -0.25) is 19.1 Å². The van der Waals surface area contributed by atoms with E-state index < -0.39 is 33.6 Å². The summed E-state index contributed by atoms with van der Waals surface area (Å²) in [5.74, 6) is -1.93. The molecule has 0 unspecified atom stereocenters. The molecule has 412 valence electrons. The molecule has 0 bridgehead atoms. The molecular weight excluding hydrogens is 1000 g/mol. The molecule has 18 heteroatoms. The first-order valence-electron chi connectivity index (χ1n) is 27.3. The molecule has 0 saturated carbocycles. The molecular formula is C60H75N10O7S+. The van der Waals surface area contributed by atoms with Gasteiger partial charge in [-0.2, -0.15) is 18.0 Å². The van der Waals surface area contributed by atoms with E-state index >= 15 is 0 Å². The molecule has 8 N–H and O–H groups in total. The number of allylic oxidation sites excluding steroid dienone is 7. The van der Waals surface area contributed by atoms with Crippen molar-refractivity contribution in [2.24, 2.45) is 0 Å². The second-order valence-corrected chi connectivity index (χ2v) is 23.3. The average Bonchev–Trinajstić information content (AvgIpc) is 4.03. The molecule has 2 aromatic heterocycles. The fourth-order valence-corrected chi connectivity index (χ4v) is 11.6. The molecule has 3 aromatic carbocycles. The SMILES string of the molecule is CCCCC[N+]1=C(/C=C/C2=C(NCCCC[C@H](NC(=O)c3ccc(NCc4cnc5nc(N)[nH]c(=O)c5n4)cc3)C(=O)O)C(=C/C=C3/N(CCCCS(=O)(=O)O)c4ccccc4C3(C)C)/CCC2)C(C)(C)c2cc(C)ccc21. The molecule has 0 spiro atoms. The van der Waals surface area contributed by atoms with Crippen LogP contribution in [0, 0.1) is 6.92 Å². The summed E-state index contributed by atoms with van der Waals surface area (Å²) in [4.78, 5) is 55.5. The number of carbonyl (C=O) groups excluding carboxylic acids is 1. The zero-order valence-corrected chi connectivity index (χ0v) is 46.6. The summed E-state index contributed by atoms with van der Waals surface area (Å²) >= 11 is 0. The molecule has 78 heavy (non-hydrogen) atoms. The van der Waals surface area contributed by atoms with E-state index in [4.69, 9.17) is 5.73 Å². The number of hydrogen-bond acceptors (Lipinski definition) is 12. The highest BCUT2D eigenvalue weighted by Crippen LogP contribution is 2.48. The highest BCUT2D eigenvalue weighted by atomic mass is 32.2. The van der Waals surface area contributed by atoms with Crippen LogP contribution in [0.15, 0.2) is 125 Å². The molecule has 17 nitrogen and oxygen atoms in total. The Balaban J connectivity index is 0.993. The lowest BCUT2D eigenvalue weighted by Crippen LogP contribution is -2.40. The Morgan fingerprint density at radius 1 is 0.910 bits per heavy atom. The minimum atomic E-state index is -4.07. The van der Waals surface area contributed by atoms with Gasteiger partial charge in [0.15, 0.2) is 16.9 Å². The summed E-state index contributed by atoms with van der Waals surface area (Å²) in [6.45, 7) is 15.8. The first-order chi connectivity index (χ1) is 37.2. The predicted molar refractivity (Wildman–Crippen MR) is 309 cm³/mol. The van der Waals surface area contributed by atoms with Crippen LogP contribution in [0.5, 0.6) is 0 Å². The van der Waals surface area contributed by atoms with E-state index in [-0.39, 0.29) is 46.7 Å². The molecule has 8 rings (SSSR count). The molecule has 3 aliphatic rings. The van der Waals surface area contributed by atoms with Gasteiger partial charge in [-0.15, -0.1) is 0 Å². The number of aromatic nitrogens is 4. The maximum Gasteiger partial charge on any atom is 0.326 e. The van der Waals surface area contributed by atoms with E-state index in [9.17, 15) is 32.5 Å². The van der Waals surface area contributed by atoms with Gasteiger partial charge in [0.2, 0.25) is 11.6 Å². The molecule has 1 atom stereocenters. The third kappa shape index (κ3) is 13.3. The fraction of sp³-hybridized carbons (Fsp3) is 0.417. The maximum atomic E-state index is 13.4.